The molecular formula is C18H24N4O. The topological polar surface area (TPSA) is 45.4 Å². The van der Waals surface area contributed by atoms with Gasteiger partial charge in [-0.3, -0.25) is 14.8 Å². The number of hydrogen-bond donors (Lipinski definition) is 0. The molecule has 1 unspecified atom stereocenters. The highest BCUT2D eigenvalue weighted by Crippen LogP contribution is 2.26. The second-order valence-electron chi connectivity index (χ2n) is 6.84. The molecule has 0 spiro atoms. The molecule has 5 nitrogen and oxygen atoms in total. The molecule has 1 atom stereocenters. The maximum absolute atomic E-state index is 5.50. The number of piperidine rings is 1. The average Bonchev–Trinajstić information content (AvgIpc) is 3.01. The molecule has 2 aliphatic heterocycles. The summed E-state index contributed by atoms with van der Waals surface area (Å²) in [5.41, 5.74) is 1.95. The zero-order valence-corrected chi connectivity index (χ0v) is 13.7. The van der Waals surface area contributed by atoms with E-state index in [0.29, 0.717) is 0 Å². The van der Waals surface area contributed by atoms with E-state index in [0.717, 1.165) is 48.7 Å². The third kappa shape index (κ3) is 3.16. The summed E-state index contributed by atoms with van der Waals surface area (Å²) in [4.78, 5) is 9.18. The minimum absolute atomic E-state index is 0.730. The van der Waals surface area contributed by atoms with Gasteiger partial charge in [-0.1, -0.05) is 11.6 Å². The van der Waals surface area contributed by atoms with Crippen LogP contribution in [0.3, 0.4) is 0 Å². The highest BCUT2D eigenvalue weighted by atomic mass is 16.5. The van der Waals surface area contributed by atoms with Crippen LogP contribution in [0.4, 0.5) is 0 Å². The maximum atomic E-state index is 5.50. The minimum atomic E-state index is 0.730. The number of hydrogen-bond acceptors (Lipinski definition) is 5. The Kier molecular flexibility index (Phi) is 4.14. The molecular weight excluding hydrogens is 288 g/mol. The fourth-order valence-electron chi connectivity index (χ4n) is 3.81. The molecule has 122 valence electrons. The van der Waals surface area contributed by atoms with Gasteiger partial charge in [0, 0.05) is 49.2 Å². The third-order valence-corrected chi connectivity index (χ3v) is 5.18. The van der Waals surface area contributed by atoms with Gasteiger partial charge in [-0.2, -0.15) is 0 Å². The normalized spacial score (nSPS) is 23.8. The van der Waals surface area contributed by atoms with E-state index in [-0.39, 0.29) is 0 Å². The first-order valence-electron chi connectivity index (χ1n) is 8.64. The Morgan fingerprint density at radius 2 is 2.04 bits per heavy atom. The molecule has 0 bridgehead atoms. The summed E-state index contributed by atoms with van der Waals surface area (Å²) in [5, 5.41) is 4.18. The molecule has 0 N–H and O–H groups in total. The molecule has 2 saturated heterocycles. The van der Waals surface area contributed by atoms with Crippen molar-refractivity contribution in [2.45, 2.75) is 44.8 Å². The van der Waals surface area contributed by atoms with E-state index in [1.807, 2.05) is 18.2 Å². The Morgan fingerprint density at radius 3 is 2.83 bits per heavy atom. The first kappa shape index (κ1) is 14.8. The molecule has 0 aliphatic carbocycles. The van der Waals surface area contributed by atoms with Crippen LogP contribution >= 0.6 is 0 Å². The Bertz CT molecular complexity index is 635. The van der Waals surface area contributed by atoms with Gasteiger partial charge >= 0.3 is 0 Å². The number of nitrogens with zero attached hydrogens (tertiary/aromatic N) is 4. The quantitative estimate of drug-likeness (QED) is 0.868. The molecule has 4 heterocycles. The van der Waals surface area contributed by atoms with Crippen LogP contribution in [-0.4, -0.2) is 51.7 Å². The van der Waals surface area contributed by atoms with Crippen molar-refractivity contribution in [2.75, 3.05) is 19.6 Å². The Morgan fingerprint density at radius 1 is 1.22 bits per heavy atom. The predicted molar refractivity (Wildman–Crippen MR) is 88.8 cm³/mol. The van der Waals surface area contributed by atoms with Crippen LogP contribution in [0.1, 0.15) is 31.9 Å². The van der Waals surface area contributed by atoms with Gasteiger partial charge in [-0.05, 0) is 38.4 Å². The summed E-state index contributed by atoms with van der Waals surface area (Å²) in [5.74, 6) is 0.946. The predicted octanol–water partition coefficient (Wildman–Crippen LogP) is 2.80. The Hall–Kier alpha value is -1.72. The van der Waals surface area contributed by atoms with Crippen LogP contribution in [0.15, 0.2) is 35.1 Å². The van der Waals surface area contributed by atoms with Crippen molar-refractivity contribution in [3.8, 4) is 11.3 Å². The largest absolute Gasteiger partial charge is 0.359 e. The number of aromatic nitrogens is 2. The molecule has 5 heteroatoms. The SMILES string of the molecule is CC1CCCCN1C1CN(Cc2cc(-c3ccncc3)no2)C1. The molecule has 2 aliphatic rings. The van der Waals surface area contributed by atoms with E-state index in [1.165, 1.54) is 25.8 Å². The van der Waals surface area contributed by atoms with Crippen LogP contribution in [0.25, 0.3) is 11.3 Å². The lowest BCUT2D eigenvalue weighted by Gasteiger charge is -2.49. The lowest BCUT2D eigenvalue weighted by Crippen LogP contribution is -2.61. The fourth-order valence-corrected chi connectivity index (χ4v) is 3.81. The molecule has 23 heavy (non-hydrogen) atoms. The van der Waals surface area contributed by atoms with Crippen molar-refractivity contribution in [2.24, 2.45) is 0 Å². The number of pyridine rings is 1. The van der Waals surface area contributed by atoms with Gasteiger partial charge in [0.25, 0.3) is 0 Å². The second kappa shape index (κ2) is 6.42. The first-order valence-corrected chi connectivity index (χ1v) is 8.64. The smallest absolute Gasteiger partial charge is 0.151 e. The molecule has 2 aromatic rings. The Balaban J connectivity index is 1.32. The van der Waals surface area contributed by atoms with Crippen LogP contribution in [-0.2, 0) is 6.54 Å². The van der Waals surface area contributed by atoms with Crippen molar-refractivity contribution < 1.29 is 4.52 Å². The summed E-state index contributed by atoms with van der Waals surface area (Å²) in [6.07, 6.45) is 7.67. The lowest BCUT2D eigenvalue weighted by atomic mass is 9.97. The Labute approximate surface area is 137 Å². The summed E-state index contributed by atoms with van der Waals surface area (Å²) in [6, 6.07) is 7.44. The van der Waals surface area contributed by atoms with Crippen molar-refractivity contribution in [3.05, 3.63) is 36.4 Å². The highest BCUT2D eigenvalue weighted by Gasteiger charge is 2.35. The van der Waals surface area contributed by atoms with Gasteiger partial charge < -0.3 is 4.52 Å². The summed E-state index contributed by atoms with van der Waals surface area (Å²) in [6.45, 7) is 6.80. The minimum Gasteiger partial charge on any atom is -0.359 e. The van der Waals surface area contributed by atoms with E-state index in [9.17, 15) is 0 Å². The zero-order chi connectivity index (χ0) is 15.6. The maximum Gasteiger partial charge on any atom is 0.151 e. The van der Waals surface area contributed by atoms with E-state index in [4.69, 9.17) is 4.52 Å². The molecule has 0 radical (unpaired) electrons. The van der Waals surface area contributed by atoms with Gasteiger partial charge in [0.15, 0.2) is 5.76 Å². The van der Waals surface area contributed by atoms with E-state index < -0.39 is 0 Å². The average molecular weight is 312 g/mol. The highest BCUT2D eigenvalue weighted by molar-refractivity contribution is 5.57. The van der Waals surface area contributed by atoms with Gasteiger partial charge in [-0.15, -0.1) is 0 Å². The lowest BCUT2D eigenvalue weighted by molar-refractivity contribution is -0.00960. The summed E-state index contributed by atoms with van der Waals surface area (Å²) >= 11 is 0. The van der Waals surface area contributed by atoms with Crippen molar-refractivity contribution in [1.82, 2.24) is 19.9 Å². The van der Waals surface area contributed by atoms with Crippen LogP contribution < -0.4 is 0 Å². The fraction of sp³-hybridized carbons (Fsp3) is 0.556. The monoisotopic (exact) mass is 312 g/mol. The molecule has 0 saturated carbocycles. The summed E-state index contributed by atoms with van der Waals surface area (Å²) < 4.78 is 5.50. The molecule has 2 aromatic heterocycles. The molecule has 2 fully saturated rings. The van der Waals surface area contributed by atoms with Gasteiger partial charge in [0.1, 0.15) is 5.69 Å². The van der Waals surface area contributed by atoms with Gasteiger partial charge in [0.2, 0.25) is 0 Å². The van der Waals surface area contributed by atoms with E-state index >= 15 is 0 Å². The van der Waals surface area contributed by atoms with Crippen LogP contribution in [0.2, 0.25) is 0 Å². The molecule has 0 amide bonds. The van der Waals surface area contributed by atoms with Crippen molar-refractivity contribution >= 4 is 0 Å². The zero-order valence-electron chi connectivity index (χ0n) is 13.7. The molecule has 0 aromatic carbocycles. The summed E-state index contributed by atoms with van der Waals surface area (Å²) in [7, 11) is 0. The third-order valence-electron chi connectivity index (χ3n) is 5.18. The van der Waals surface area contributed by atoms with Crippen molar-refractivity contribution in [3.63, 3.8) is 0 Å². The van der Waals surface area contributed by atoms with Crippen molar-refractivity contribution in [1.29, 1.82) is 0 Å². The second-order valence-corrected chi connectivity index (χ2v) is 6.84. The number of likely N-dealkylation sites (tertiary alicyclic amines) is 2. The standard InChI is InChI=1S/C18H24N4O/c1-14-4-2-3-9-22(14)16-11-21(12-16)13-17-10-18(20-23-17)15-5-7-19-8-6-15/h5-8,10,14,16H,2-4,9,11-13H2,1H3. The number of rotatable bonds is 4. The first-order chi connectivity index (χ1) is 11.3. The van der Waals surface area contributed by atoms with E-state index in [1.54, 1.807) is 12.4 Å². The van der Waals surface area contributed by atoms with Crippen LogP contribution in [0, 0.1) is 0 Å². The van der Waals surface area contributed by atoms with Crippen LogP contribution in [0.5, 0.6) is 0 Å². The molecule has 4 rings (SSSR count). The van der Waals surface area contributed by atoms with Gasteiger partial charge in [0.05, 0.1) is 6.54 Å². The van der Waals surface area contributed by atoms with Gasteiger partial charge in [-0.25, -0.2) is 0 Å². The van der Waals surface area contributed by atoms with E-state index in [2.05, 4.69) is 26.9 Å².